The van der Waals surface area contributed by atoms with E-state index in [1.165, 1.54) is 18.4 Å². The number of hydrogen-bond acceptors (Lipinski definition) is 3. The molecule has 1 aliphatic rings. The Morgan fingerprint density at radius 1 is 1.17 bits per heavy atom. The van der Waals surface area contributed by atoms with E-state index in [2.05, 4.69) is 10.6 Å². The molecule has 0 aromatic heterocycles. The normalized spacial score (nSPS) is 16.0. The highest BCUT2D eigenvalue weighted by molar-refractivity contribution is 7.84. The standard InChI is InChI=1S/C17H26N2O3S/c1-23(21)13-12-19-17(20)18-11-10-14-6-8-16(9-7-14)22-15-4-2-3-5-15/h6-9,15H,2-5,10-13H2,1H3,(H2,18,19,20)/t23-/m0/s1. The molecule has 23 heavy (non-hydrogen) atoms. The monoisotopic (exact) mass is 338 g/mol. The lowest BCUT2D eigenvalue weighted by Gasteiger charge is -2.13. The second kappa shape index (κ2) is 9.55. The number of urea groups is 1. The summed E-state index contributed by atoms with van der Waals surface area (Å²) in [6.45, 7) is 1.01. The Morgan fingerprint density at radius 3 is 2.48 bits per heavy atom. The van der Waals surface area contributed by atoms with Crippen molar-refractivity contribution in [2.45, 2.75) is 38.2 Å². The molecule has 2 N–H and O–H groups in total. The van der Waals surface area contributed by atoms with Crippen molar-refractivity contribution >= 4 is 16.8 Å². The van der Waals surface area contributed by atoms with Crippen LogP contribution in [-0.4, -0.2) is 41.4 Å². The molecule has 2 rings (SSSR count). The van der Waals surface area contributed by atoms with Gasteiger partial charge in [-0.3, -0.25) is 4.21 Å². The molecule has 0 saturated heterocycles. The fourth-order valence-electron chi connectivity index (χ4n) is 2.62. The number of hydrogen-bond donors (Lipinski definition) is 2. The van der Waals surface area contributed by atoms with Crippen molar-refractivity contribution in [3.05, 3.63) is 29.8 Å². The molecule has 5 nitrogen and oxygen atoms in total. The summed E-state index contributed by atoms with van der Waals surface area (Å²) in [5.74, 6) is 1.41. The van der Waals surface area contributed by atoms with Crippen molar-refractivity contribution in [2.24, 2.45) is 0 Å². The molecular weight excluding hydrogens is 312 g/mol. The lowest BCUT2D eigenvalue weighted by molar-refractivity contribution is 0.210. The summed E-state index contributed by atoms with van der Waals surface area (Å²) in [5.41, 5.74) is 1.17. The smallest absolute Gasteiger partial charge is 0.314 e. The van der Waals surface area contributed by atoms with Crippen molar-refractivity contribution in [2.75, 3.05) is 25.1 Å². The summed E-state index contributed by atoms with van der Waals surface area (Å²) in [4.78, 5) is 11.5. The summed E-state index contributed by atoms with van der Waals surface area (Å²) in [5, 5.41) is 5.48. The number of nitrogens with one attached hydrogen (secondary N) is 2. The Bertz CT molecular complexity index is 513. The molecule has 1 saturated carbocycles. The van der Waals surface area contributed by atoms with E-state index < -0.39 is 10.8 Å². The van der Waals surface area contributed by atoms with Crippen LogP contribution in [0.2, 0.25) is 0 Å². The zero-order valence-electron chi connectivity index (χ0n) is 13.7. The van der Waals surface area contributed by atoms with E-state index in [0.29, 0.717) is 24.9 Å². The van der Waals surface area contributed by atoms with Crippen molar-refractivity contribution in [1.29, 1.82) is 0 Å². The van der Waals surface area contributed by atoms with Crippen molar-refractivity contribution in [3.63, 3.8) is 0 Å². The maximum atomic E-state index is 11.5. The van der Waals surface area contributed by atoms with Crippen LogP contribution in [0.25, 0.3) is 0 Å². The lowest BCUT2D eigenvalue weighted by Crippen LogP contribution is -2.38. The number of amides is 2. The fourth-order valence-corrected chi connectivity index (χ4v) is 3.01. The van der Waals surface area contributed by atoms with Gasteiger partial charge in [0, 0.05) is 35.9 Å². The molecule has 6 heteroatoms. The molecule has 0 unspecified atom stereocenters. The molecule has 0 spiro atoms. The second-order valence-electron chi connectivity index (χ2n) is 5.88. The average molecular weight is 338 g/mol. The predicted molar refractivity (Wildman–Crippen MR) is 93.4 cm³/mol. The zero-order chi connectivity index (χ0) is 16.5. The summed E-state index contributed by atoms with van der Waals surface area (Å²) in [7, 11) is -0.876. The lowest BCUT2D eigenvalue weighted by atomic mass is 10.1. The van der Waals surface area contributed by atoms with Gasteiger partial charge in [-0.25, -0.2) is 4.79 Å². The van der Waals surface area contributed by atoms with E-state index in [-0.39, 0.29) is 6.03 Å². The number of rotatable bonds is 8. The van der Waals surface area contributed by atoms with E-state index in [9.17, 15) is 9.00 Å². The van der Waals surface area contributed by atoms with E-state index in [0.717, 1.165) is 25.0 Å². The fraction of sp³-hybridized carbons (Fsp3) is 0.588. The van der Waals surface area contributed by atoms with E-state index >= 15 is 0 Å². The number of carbonyl (C=O) groups excluding carboxylic acids is 1. The van der Waals surface area contributed by atoms with Crippen LogP contribution in [0.3, 0.4) is 0 Å². The van der Waals surface area contributed by atoms with Crippen LogP contribution in [0.5, 0.6) is 5.75 Å². The molecule has 1 atom stereocenters. The van der Waals surface area contributed by atoms with Crippen molar-refractivity contribution in [1.82, 2.24) is 10.6 Å². The van der Waals surface area contributed by atoms with E-state index in [1.807, 2.05) is 24.3 Å². The maximum absolute atomic E-state index is 11.5. The Hall–Kier alpha value is -1.56. The summed E-state index contributed by atoms with van der Waals surface area (Å²) in [6, 6.07) is 7.89. The molecule has 1 aromatic carbocycles. The van der Waals surface area contributed by atoms with Crippen LogP contribution in [-0.2, 0) is 17.2 Å². The first-order valence-corrected chi connectivity index (χ1v) is 9.93. The third-order valence-electron chi connectivity index (χ3n) is 3.90. The van der Waals surface area contributed by atoms with Gasteiger partial charge in [0.15, 0.2) is 0 Å². The largest absolute Gasteiger partial charge is 0.490 e. The Balaban J connectivity index is 1.63. The van der Waals surface area contributed by atoms with Crippen molar-refractivity contribution in [3.8, 4) is 5.75 Å². The molecule has 1 aliphatic carbocycles. The van der Waals surface area contributed by atoms with Crippen molar-refractivity contribution < 1.29 is 13.7 Å². The topological polar surface area (TPSA) is 67.4 Å². The third kappa shape index (κ3) is 7.03. The van der Waals surface area contributed by atoms with Crippen LogP contribution in [0, 0.1) is 0 Å². The van der Waals surface area contributed by atoms with E-state index in [4.69, 9.17) is 4.74 Å². The molecule has 0 aliphatic heterocycles. The molecule has 0 heterocycles. The van der Waals surface area contributed by atoms with Crippen LogP contribution in [0.15, 0.2) is 24.3 Å². The van der Waals surface area contributed by atoms with Gasteiger partial charge in [0.2, 0.25) is 0 Å². The van der Waals surface area contributed by atoms with Gasteiger partial charge in [-0.1, -0.05) is 12.1 Å². The van der Waals surface area contributed by atoms with Gasteiger partial charge < -0.3 is 15.4 Å². The van der Waals surface area contributed by atoms with Gasteiger partial charge in [0.05, 0.1) is 6.10 Å². The van der Waals surface area contributed by atoms with Crippen LogP contribution < -0.4 is 15.4 Å². The van der Waals surface area contributed by atoms with Gasteiger partial charge in [-0.2, -0.15) is 0 Å². The molecule has 2 amide bonds. The summed E-state index contributed by atoms with van der Waals surface area (Å²) < 4.78 is 16.8. The first kappa shape index (κ1) is 17.8. The Labute approximate surface area is 140 Å². The van der Waals surface area contributed by atoms with Gasteiger partial charge in [0.25, 0.3) is 0 Å². The van der Waals surface area contributed by atoms with Gasteiger partial charge in [0.1, 0.15) is 5.75 Å². The highest BCUT2D eigenvalue weighted by Crippen LogP contribution is 2.24. The minimum Gasteiger partial charge on any atom is -0.490 e. The summed E-state index contributed by atoms with van der Waals surface area (Å²) in [6.07, 6.45) is 7.63. The van der Waals surface area contributed by atoms with E-state index in [1.54, 1.807) is 6.26 Å². The number of carbonyl (C=O) groups is 1. The first-order chi connectivity index (χ1) is 11.1. The van der Waals surface area contributed by atoms with Gasteiger partial charge >= 0.3 is 6.03 Å². The van der Waals surface area contributed by atoms with Crippen LogP contribution >= 0.6 is 0 Å². The van der Waals surface area contributed by atoms with Crippen LogP contribution in [0.1, 0.15) is 31.2 Å². The summed E-state index contributed by atoms with van der Waals surface area (Å²) >= 11 is 0. The minimum absolute atomic E-state index is 0.211. The first-order valence-electron chi connectivity index (χ1n) is 8.21. The predicted octanol–water partition coefficient (Wildman–Crippen LogP) is 2.23. The second-order valence-corrected chi connectivity index (χ2v) is 7.43. The SMILES string of the molecule is C[S@](=O)CCNC(=O)NCCc1ccc(OC2CCCC2)cc1. The number of benzene rings is 1. The Kier molecular flexibility index (Phi) is 7.39. The molecule has 0 radical (unpaired) electrons. The quantitative estimate of drug-likeness (QED) is 0.764. The molecule has 128 valence electrons. The third-order valence-corrected chi connectivity index (χ3v) is 4.68. The molecule has 1 fully saturated rings. The average Bonchev–Trinajstić information content (AvgIpc) is 3.01. The molecule has 0 bridgehead atoms. The Morgan fingerprint density at radius 2 is 1.83 bits per heavy atom. The molecule has 1 aromatic rings. The maximum Gasteiger partial charge on any atom is 0.314 e. The number of ether oxygens (including phenoxy) is 1. The minimum atomic E-state index is -0.876. The highest BCUT2D eigenvalue weighted by Gasteiger charge is 2.16. The van der Waals surface area contributed by atoms with Crippen LogP contribution in [0.4, 0.5) is 4.79 Å². The zero-order valence-corrected chi connectivity index (χ0v) is 14.5. The highest BCUT2D eigenvalue weighted by atomic mass is 32.2. The van der Waals surface area contributed by atoms with Gasteiger partial charge in [-0.05, 0) is 49.8 Å². The van der Waals surface area contributed by atoms with Gasteiger partial charge in [-0.15, -0.1) is 0 Å². The molecular formula is C17H26N2O3S.